The lowest BCUT2D eigenvalue weighted by atomic mass is 10.0. The fourth-order valence-corrected chi connectivity index (χ4v) is 2.63. The number of amides is 1. The van der Waals surface area contributed by atoms with Crippen LogP contribution in [0.2, 0.25) is 0 Å². The van der Waals surface area contributed by atoms with Crippen molar-refractivity contribution in [3.8, 4) is 0 Å². The second-order valence-corrected chi connectivity index (χ2v) is 5.67. The quantitative estimate of drug-likeness (QED) is 0.530. The molecule has 6 nitrogen and oxygen atoms in total. The van der Waals surface area contributed by atoms with Crippen LogP contribution >= 0.6 is 0 Å². The summed E-state index contributed by atoms with van der Waals surface area (Å²) in [6.07, 6.45) is 0.460. The Bertz CT molecular complexity index is 568. The molecule has 1 amide bonds. The number of nitrogens with zero attached hydrogens (tertiary/aromatic N) is 1. The van der Waals surface area contributed by atoms with Crippen LogP contribution in [0.4, 0.5) is 0 Å². The molecule has 6 heteroatoms. The van der Waals surface area contributed by atoms with E-state index in [1.54, 1.807) is 11.8 Å². The minimum Gasteiger partial charge on any atom is -0.465 e. The zero-order chi connectivity index (χ0) is 18.1. The van der Waals surface area contributed by atoms with Gasteiger partial charge in [0.15, 0.2) is 6.10 Å². The van der Waals surface area contributed by atoms with Crippen LogP contribution in [0.5, 0.6) is 0 Å². The highest BCUT2D eigenvalue weighted by Gasteiger charge is 2.36. The third-order valence-electron chi connectivity index (χ3n) is 3.98. The molecule has 1 aromatic rings. The molecule has 0 N–H and O–H groups in total. The smallest absolute Gasteiger partial charge is 0.315 e. The van der Waals surface area contributed by atoms with Crippen LogP contribution in [-0.2, 0) is 30.4 Å². The predicted octanol–water partition coefficient (Wildman–Crippen LogP) is 1.80. The van der Waals surface area contributed by atoms with Crippen LogP contribution < -0.4 is 0 Å². The number of morpholine rings is 1. The lowest BCUT2D eigenvalue weighted by molar-refractivity contribution is -0.163. The van der Waals surface area contributed by atoms with Crippen LogP contribution in [0.3, 0.4) is 0 Å². The molecule has 25 heavy (non-hydrogen) atoms. The SMILES string of the molecule is C=C[C@@H](C(=O)OCC)[C@H](OCc1ccccc1)C(=O)N1CCOCC1. The van der Waals surface area contributed by atoms with Gasteiger partial charge in [0.1, 0.15) is 5.92 Å². The summed E-state index contributed by atoms with van der Waals surface area (Å²) in [5, 5.41) is 0. The molecule has 1 aromatic carbocycles. The first kappa shape index (κ1) is 19.1. The highest BCUT2D eigenvalue weighted by atomic mass is 16.5. The van der Waals surface area contributed by atoms with Gasteiger partial charge in [0.05, 0.1) is 26.4 Å². The molecule has 0 unspecified atom stereocenters. The van der Waals surface area contributed by atoms with E-state index < -0.39 is 18.0 Å². The molecule has 0 spiro atoms. The topological polar surface area (TPSA) is 65.1 Å². The van der Waals surface area contributed by atoms with E-state index in [1.165, 1.54) is 6.08 Å². The molecule has 0 aliphatic carbocycles. The van der Waals surface area contributed by atoms with Gasteiger partial charge in [-0.05, 0) is 12.5 Å². The van der Waals surface area contributed by atoms with Gasteiger partial charge in [-0.2, -0.15) is 0 Å². The predicted molar refractivity (Wildman–Crippen MR) is 92.7 cm³/mol. The molecule has 0 saturated carbocycles. The fourth-order valence-electron chi connectivity index (χ4n) is 2.63. The molecular weight excluding hydrogens is 322 g/mol. The first-order valence-electron chi connectivity index (χ1n) is 8.48. The van der Waals surface area contributed by atoms with Crippen LogP contribution in [0, 0.1) is 5.92 Å². The van der Waals surface area contributed by atoms with E-state index >= 15 is 0 Å². The van der Waals surface area contributed by atoms with Crippen LogP contribution in [0.25, 0.3) is 0 Å². The fraction of sp³-hybridized carbons (Fsp3) is 0.474. The maximum atomic E-state index is 12.9. The molecule has 0 bridgehead atoms. The number of carbonyl (C=O) groups excluding carboxylic acids is 2. The van der Waals surface area contributed by atoms with E-state index in [0.29, 0.717) is 26.3 Å². The van der Waals surface area contributed by atoms with E-state index in [9.17, 15) is 9.59 Å². The first-order valence-corrected chi connectivity index (χ1v) is 8.48. The molecule has 0 aromatic heterocycles. The van der Waals surface area contributed by atoms with E-state index in [4.69, 9.17) is 14.2 Å². The second kappa shape index (κ2) is 9.96. The third kappa shape index (κ3) is 5.41. The summed E-state index contributed by atoms with van der Waals surface area (Å²) in [5.41, 5.74) is 0.925. The molecule has 1 saturated heterocycles. The Morgan fingerprint density at radius 2 is 1.96 bits per heavy atom. The summed E-state index contributed by atoms with van der Waals surface area (Å²) in [6, 6.07) is 9.51. The molecule has 2 rings (SSSR count). The number of rotatable bonds is 8. The average Bonchev–Trinajstić information content (AvgIpc) is 2.66. The number of ether oxygens (including phenoxy) is 3. The second-order valence-electron chi connectivity index (χ2n) is 5.67. The Morgan fingerprint density at radius 1 is 1.28 bits per heavy atom. The first-order chi connectivity index (χ1) is 12.2. The van der Waals surface area contributed by atoms with Gasteiger partial charge in [-0.3, -0.25) is 9.59 Å². The summed E-state index contributed by atoms with van der Waals surface area (Å²) in [5.74, 6) is -1.59. The Balaban J connectivity index is 2.14. The Kier molecular flexibility index (Phi) is 7.63. The number of carbonyl (C=O) groups is 2. The maximum Gasteiger partial charge on any atom is 0.315 e. The third-order valence-corrected chi connectivity index (χ3v) is 3.98. The van der Waals surface area contributed by atoms with E-state index in [2.05, 4.69) is 6.58 Å². The van der Waals surface area contributed by atoms with Crippen molar-refractivity contribution in [1.29, 1.82) is 0 Å². The van der Waals surface area contributed by atoms with Gasteiger partial charge >= 0.3 is 5.97 Å². The van der Waals surface area contributed by atoms with Crippen LogP contribution in [-0.4, -0.2) is 55.8 Å². The largest absolute Gasteiger partial charge is 0.465 e. The monoisotopic (exact) mass is 347 g/mol. The van der Waals surface area contributed by atoms with Crippen molar-refractivity contribution in [3.05, 3.63) is 48.6 Å². The zero-order valence-corrected chi connectivity index (χ0v) is 14.6. The van der Waals surface area contributed by atoms with Crippen molar-refractivity contribution in [2.75, 3.05) is 32.9 Å². The number of benzene rings is 1. The molecule has 2 atom stereocenters. The average molecular weight is 347 g/mol. The van der Waals surface area contributed by atoms with Gasteiger partial charge in [0.25, 0.3) is 5.91 Å². The Labute approximate surface area is 148 Å². The molecule has 1 fully saturated rings. The van der Waals surface area contributed by atoms with Gasteiger partial charge < -0.3 is 19.1 Å². The van der Waals surface area contributed by atoms with Crippen molar-refractivity contribution >= 4 is 11.9 Å². The van der Waals surface area contributed by atoms with E-state index in [-0.39, 0.29) is 19.1 Å². The highest BCUT2D eigenvalue weighted by molar-refractivity contribution is 5.88. The van der Waals surface area contributed by atoms with E-state index in [1.807, 2.05) is 30.3 Å². The normalized spacial score (nSPS) is 16.8. The van der Waals surface area contributed by atoms with E-state index in [0.717, 1.165) is 5.56 Å². The van der Waals surface area contributed by atoms with Gasteiger partial charge in [-0.15, -0.1) is 6.58 Å². The van der Waals surface area contributed by atoms with Gasteiger partial charge in [-0.1, -0.05) is 36.4 Å². The van der Waals surface area contributed by atoms with Gasteiger partial charge in [-0.25, -0.2) is 0 Å². The van der Waals surface area contributed by atoms with Crippen molar-refractivity contribution in [2.45, 2.75) is 19.6 Å². The van der Waals surface area contributed by atoms with Crippen molar-refractivity contribution in [1.82, 2.24) is 4.90 Å². The molecule has 0 radical (unpaired) electrons. The molecular formula is C19H25NO5. The minimum absolute atomic E-state index is 0.228. The standard InChI is InChI=1S/C19H25NO5/c1-3-16(19(22)24-4-2)17(18(21)20-10-12-23-13-11-20)25-14-15-8-6-5-7-9-15/h3,5-9,16-17H,1,4,10-14H2,2H3/t16-,17+/m1/s1. The molecule has 136 valence electrons. The van der Waals surface area contributed by atoms with Crippen molar-refractivity contribution in [2.24, 2.45) is 5.92 Å². The maximum absolute atomic E-state index is 12.9. The summed E-state index contributed by atoms with van der Waals surface area (Å²) in [7, 11) is 0. The van der Waals surface area contributed by atoms with Crippen LogP contribution in [0.15, 0.2) is 43.0 Å². The number of esters is 1. The lowest BCUT2D eigenvalue weighted by Crippen LogP contribution is -2.50. The van der Waals surface area contributed by atoms with Gasteiger partial charge in [0.2, 0.25) is 0 Å². The van der Waals surface area contributed by atoms with Crippen molar-refractivity contribution in [3.63, 3.8) is 0 Å². The summed E-state index contributed by atoms with van der Waals surface area (Å²) in [4.78, 5) is 26.8. The highest BCUT2D eigenvalue weighted by Crippen LogP contribution is 2.18. The number of hydrogen-bond acceptors (Lipinski definition) is 5. The van der Waals surface area contributed by atoms with Gasteiger partial charge in [0, 0.05) is 13.1 Å². The summed E-state index contributed by atoms with van der Waals surface area (Å²) in [6.45, 7) is 7.81. The molecule has 1 aliphatic heterocycles. The summed E-state index contributed by atoms with van der Waals surface area (Å²) >= 11 is 0. The number of hydrogen-bond donors (Lipinski definition) is 0. The molecule has 1 heterocycles. The Hall–Kier alpha value is -2.18. The van der Waals surface area contributed by atoms with Crippen LogP contribution in [0.1, 0.15) is 12.5 Å². The van der Waals surface area contributed by atoms with Crippen molar-refractivity contribution < 1.29 is 23.8 Å². The molecule has 1 aliphatic rings. The summed E-state index contributed by atoms with van der Waals surface area (Å²) < 4.78 is 16.2. The minimum atomic E-state index is -0.963. The lowest BCUT2D eigenvalue weighted by Gasteiger charge is -2.32. The zero-order valence-electron chi connectivity index (χ0n) is 14.6. The Morgan fingerprint density at radius 3 is 2.56 bits per heavy atom.